The number of aromatic hydroxyl groups is 1. The molecule has 0 saturated heterocycles. The van der Waals surface area contributed by atoms with Gasteiger partial charge in [0.1, 0.15) is 5.75 Å². The van der Waals surface area contributed by atoms with E-state index in [4.69, 9.17) is 0 Å². The summed E-state index contributed by atoms with van der Waals surface area (Å²) in [6.07, 6.45) is 1.06. The molecular weight excluding hydrogens is 487 g/mol. The van der Waals surface area contributed by atoms with Crippen LogP contribution in [-0.4, -0.2) is 39.3 Å². The maximum absolute atomic E-state index is 14.2. The van der Waals surface area contributed by atoms with Gasteiger partial charge < -0.3 is 24.8 Å². The van der Waals surface area contributed by atoms with Crippen LogP contribution < -0.4 is 5.32 Å². The Morgan fingerprint density at radius 1 is 1.15 bits per heavy atom. The number of fused-ring (bicyclic) bond motifs is 1. The average molecular weight is 506 g/mol. The lowest BCUT2D eigenvalue weighted by Gasteiger charge is -2.10. The van der Waals surface area contributed by atoms with Crippen LogP contribution in [0, 0.1) is 6.08 Å². The number of aromatic nitrogens is 4. The van der Waals surface area contributed by atoms with Crippen molar-refractivity contribution in [2.75, 3.05) is 5.32 Å². The molecule has 2 heterocycles. The largest absolute Gasteiger partial charge is 0.526 e. The molecule has 2 atom stereocenters. The predicted octanol–water partition coefficient (Wildman–Crippen LogP) is 3.57. The van der Waals surface area contributed by atoms with Crippen molar-refractivity contribution in [3.63, 3.8) is 0 Å². The summed E-state index contributed by atoms with van der Waals surface area (Å²) in [5.41, 5.74) is 1.81. The summed E-state index contributed by atoms with van der Waals surface area (Å²) < 4.78 is 38.8. The molecule has 2 aromatic carbocycles. The Morgan fingerprint density at radius 3 is 2.53 bits per heavy atom. The van der Waals surface area contributed by atoms with E-state index in [1.165, 1.54) is 30.6 Å². The van der Waals surface area contributed by atoms with Gasteiger partial charge in [-0.3, -0.25) is 4.57 Å². The second-order valence-electron chi connectivity index (χ2n) is 7.38. The topological polar surface area (TPSA) is 171 Å². The second-order valence-corrected chi connectivity index (χ2v) is 10.6. The van der Waals surface area contributed by atoms with Crippen LogP contribution in [0.15, 0.2) is 54.9 Å². The Kier molecular flexibility index (Phi) is 6.70. The van der Waals surface area contributed by atoms with Crippen LogP contribution >= 0.6 is 15.6 Å². The van der Waals surface area contributed by atoms with Crippen molar-refractivity contribution >= 4 is 38.3 Å². The van der Waals surface area contributed by atoms with Crippen molar-refractivity contribution in [1.29, 1.82) is 0 Å². The highest BCUT2D eigenvalue weighted by Gasteiger charge is 2.46. The number of phenols is 1. The number of phenolic OH excluding ortho intramolecular Hbond substituents is 1. The predicted molar refractivity (Wildman–Crippen MR) is 121 cm³/mol. The summed E-state index contributed by atoms with van der Waals surface area (Å²) in [5.74, 6) is 0.225. The monoisotopic (exact) mass is 506 g/mol. The van der Waals surface area contributed by atoms with Gasteiger partial charge >= 0.3 is 27.1 Å². The quantitative estimate of drug-likeness (QED) is 0.176. The Bertz CT molecular complexity index is 1410. The van der Waals surface area contributed by atoms with Crippen LogP contribution in [0.1, 0.15) is 16.5 Å². The van der Waals surface area contributed by atoms with Crippen LogP contribution in [0.5, 0.6) is 5.75 Å². The second kappa shape index (κ2) is 9.54. The normalized spacial score (nSPS) is 13.1. The number of nitrogens with zero attached hydrogens (tertiary/aromatic N) is 4. The van der Waals surface area contributed by atoms with Crippen molar-refractivity contribution in [3.05, 3.63) is 72.1 Å². The van der Waals surface area contributed by atoms with Crippen molar-refractivity contribution in [3.8, 4) is 5.75 Å². The fourth-order valence-corrected chi connectivity index (χ4v) is 5.47. The summed E-state index contributed by atoms with van der Waals surface area (Å²) in [4.78, 5) is 39.9. The van der Waals surface area contributed by atoms with E-state index in [2.05, 4.69) is 20.3 Å². The molecule has 2 unspecified atom stereocenters. The first kappa shape index (κ1) is 23.9. The summed E-state index contributed by atoms with van der Waals surface area (Å²) in [5, 5.41) is 10.6. The molecule has 0 radical (unpaired) electrons. The van der Waals surface area contributed by atoms with E-state index in [1.807, 2.05) is 6.07 Å². The van der Waals surface area contributed by atoms with Crippen LogP contribution in [-0.2, 0) is 22.1 Å². The highest BCUT2D eigenvalue weighted by Crippen LogP contribution is 2.62. The summed E-state index contributed by atoms with van der Waals surface area (Å²) in [6.45, 7) is 0.424. The molecule has 4 rings (SSSR count). The minimum Gasteiger partial charge on any atom is -0.508 e. The van der Waals surface area contributed by atoms with Gasteiger partial charge in [0.05, 0.1) is 6.33 Å². The van der Waals surface area contributed by atoms with Gasteiger partial charge in [0, 0.05) is 17.8 Å². The van der Waals surface area contributed by atoms with Gasteiger partial charge in [-0.15, -0.1) is 0 Å². The average Bonchev–Trinajstić information content (AvgIpc) is 3.15. The lowest BCUT2D eigenvalue weighted by Crippen LogP contribution is -2.04. The third-order valence-corrected chi connectivity index (χ3v) is 8.14. The van der Waals surface area contributed by atoms with Gasteiger partial charge in [-0.1, -0.05) is 24.3 Å². The van der Waals surface area contributed by atoms with Crippen LogP contribution in [0.2, 0.25) is 0 Å². The van der Waals surface area contributed by atoms with E-state index in [0.29, 0.717) is 24.2 Å². The highest BCUT2D eigenvalue weighted by molar-refractivity contribution is 7.64. The maximum Gasteiger partial charge on any atom is 0.526 e. The standard InChI is InChI=1S/C20H18FN5O6P2/c21-20-24-17(23-14-6-4-13(5-7-14)19(33(28)29)34(30,31)32)16-18(25-20)26(11-22-16)9-8-12-2-1-3-15(27)10-12/h1-7,10-11,19H,8-9H2,(H4-,23,24,25,27,28,29,30,31,32)/p+1. The van der Waals surface area contributed by atoms with Crippen molar-refractivity contribution in [2.24, 2.45) is 0 Å². The molecule has 34 heavy (non-hydrogen) atoms. The van der Waals surface area contributed by atoms with Crippen molar-refractivity contribution < 1.29 is 33.3 Å². The first-order chi connectivity index (χ1) is 16.1. The minimum absolute atomic E-state index is 0.0160. The lowest BCUT2D eigenvalue weighted by molar-refractivity contribution is 0.366. The Balaban J connectivity index is 1.58. The molecule has 0 spiro atoms. The number of benzene rings is 2. The van der Waals surface area contributed by atoms with E-state index in [9.17, 15) is 33.3 Å². The third kappa shape index (κ3) is 5.27. The molecule has 14 heteroatoms. The molecule has 0 fully saturated rings. The molecular formula is C20H19FN5O6P2+. The number of hydrogen-bond acceptors (Lipinski definition) is 7. The molecule has 0 bridgehead atoms. The van der Waals surface area contributed by atoms with Crippen LogP contribution in [0.4, 0.5) is 15.9 Å². The fourth-order valence-electron chi connectivity index (χ4n) is 3.46. The summed E-state index contributed by atoms with van der Waals surface area (Å²) in [7, 11) is -8.02. The third-order valence-electron chi connectivity index (χ3n) is 4.99. The number of imidazole rings is 1. The first-order valence-corrected chi connectivity index (χ1v) is 12.8. The van der Waals surface area contributed by atoms with E-state index in [1.54, 1.807) is 22.8 Å². The van der Waals surface area contributed by atoms with E-state index < -0.39 is 27.1 Å². The smallest absolute Gasteiger partial charge is 0.508 e. The Morgan fingerprint density at radius 2 is 1.88 bits per heavy atom. The van der Waals surface area contributed by atoms with Crippen molar-refractivity contribution in [1.82, 2.24) is 19.5 Å². The summed E-state index contributed by atoms with van der Waals surface area (Å²) in [6, 6.07) is 12.2. The molecule has 0 aliphatic heterocycles. The molecule has 0 amide bonds. The van der Waals surface area contributed by atoms with Crippen molar-refractivity contribution in [2.45, 2.75) is 18.4 Å². The number of nitrogens with one attached hydrogen (secondary N) is 1. The van der Waals surface area contributed by atoms with E-state index in [0.717, 1.165) is 5.56 Å². The first-order valence-electron chi connectivity index (χ1n) is 9.85. The highest BCUT2D eigenvalue weighted by atomic mass is 31.2. The fraction of sp³-hybridized carbons (Fsp3) is 0.150. The zero-order valence-corrected chi connectivity index (χ0v) is 19.1. The van der Waals surface area contributed by atoms with Gasteiger partial charge in [0.25, 0.3) is 0 Å². The van der Waals surface area contributed by atoms with E-state index >= 15 is 0 Å². The number of halogens is 1. The van der Waals surface area contributed by atoms with Gasteiger partial charge in [0.15, 0.2) is 17.0 Å². The molecule has 11 nitrogen and oxygen atoms in total. The molecule has 176 valence electrons. The Hall–Kier alpha value is -3.27. The molecule has 0 saturated carbocycles. The number of anilines is 2. The zero-order valence-electron chi connectivity index (χ0n) is 17.4. The summed E-state index contributed by atoms with van der Waals surface area (Å²) >= 11 is 0. The maximum atomic E-state index is 14.2. The van der Waals surface area contributed by atoms with Gasteiger partial charge in [-0.25, -0.2) is 4.98 Å². The molecule has 2 aromatic heterocycles. The number of rotatable bonds is 8. The minimum atomic E-state index is -4.85. The van der Waals surface area contributed by atoms with Crippen LogP contribution in [0.3, 0.4) is 0 Å². The molecule has 4 aromatic rings. The van der Waals surface area contributed by atoms with Gasteiger partial charge in [-0.2, -0.15) is 19.3 Å². The molecule has 5 N–H and O–H groups in total. The number of aryl methyl sites for hydroxylation is 2. The number of hydrogen-bond donors (Lipinski definition) is 5. The van der Waals surface area contributed by atoms with Gasteiger partial charge in [0.2, 0.25) is 0 Å². The zero-order chi connectivity index (χ0) is 24.5. The van der Waals surface area contributed by atoms with Crippen LogP contribution in [0.25, 0.3) is 11.2 Å². The Labute approximate surface area is 193 Å². The molecule has 0 aliphatic carbocycles. The molecule has 0 aliphatic rings. The van der Waals surface area contributed by atoms with Gasteiger partial charge in [-0.05, 0) is 40.8 Å². The van der Waals surface area contributed by atoms with E-state index in [-0.39, 0.29) is 22.8 Å². The lowest BCUT2D eigenvalue weighted by atomic mass is 10.1. The SMILES string of the molecule is O=[P+](O)C(c1ccc(Nc2nc(F)nc3c2ncn3CCc2cccc(O)c2)cc1)P(=O)(O)O.